The maximum atomic E-state index is 12.1. The molecule has 0 unspecified atom stereocenters. The highest BCUT2D eigenvalue weighted by Crippen LogP contribution is 2.04. The summed E-state index contributed by atoms with van der Waals surface area (Å²) in [6, 6.07) is 0. The van der Waals surface area contributed by atoms with E-state index in [0.717, 1.165) is 6.42 Å². The molecular formula is C11H18N6O2. The molecule has 0 bridgehead atoms. The summed E-state index contributed by atoms with van der Waals surface area (Å²) in [7, 11) is 1.75. The average Bonchev–Trinajstić information content (AvgIpc) is 2.77. The van der Waals surface area contributed by atoms with Crippen LogP contribution in [0.15, 0.2) is 6.20 Å². The van der Waals surface area contributed by atoms with Crippen molar-refractivity contribution in [1.82, 2.24) is 24.8 Å². The Kier molecular flexibility index (Phi) is 4.10. The maximum Gasteiger partial charge on any atom is 0.244 e. The topological polar surface area (TPSA) is 97.3 Å². The SMILES string of the molecule is CN1CCCN(C(=O)Cn2cc(CN)nn2)CC1=O. The number of carbonyl (C=O) groups excluding carboxylic acids is 2. The van der Waals surface area contributed by atoms with E-state index >= 15 is 0 Å². The smallest absolute Gasteiger partial charge is 0.244 e. The van der Waals surface area contributed by atoms with Crippen LogP contribution in [0.3, 0.4) is 0 Å². The number of hydrogen-bond donors (Lipinski definition) is 1. The van der Waals surface area contributed by atoms with Crippen molar-refractivity contribution in [2.45, 2.75) is 19.5 Å². The van der Waals surface area contributed by atoms with E-state index in [1.54, 1.807) is 23.0 Å². The van der Waals surface area contributed by atoms with Crippen molar-refractivity contribution in [2.75, 3.05) is 26.7 Å². The summed E-state index contributed by atoms with van der Waals surface area (Å²) >= 11 is 0. The minimum Gasteiger partial charge on any atom is -0.344 e. The molecular weight excluding hydrogens is 248 g/mol. The van der Waals surface area contributed by atoms with Crippen LogP contribution in [0.25, 0.3) is 0 Å². The zero-order valence-electron chi connectivity index (χ0n) is 10.9. The van der Waals surface area contributed by atoms with Crippen LogP contribution >= 0.6 is 0 Å². The van der Waals surface area contributed by atoms with Gasteiger partial charge in [-0.15, -0.1) is 5.10 Å². The van der Waals surface area contributed by atoms with E-state index < -0.39 is 0 Å². The molecule has 2 heterocycles. The molecule has 0 spiro atoms. The molecule has 1 aliphatic rings. The zero-order chi connectivity index (χ0) is 13.8. The predicted octanol–water partition coefficient (Wildman–Crippen LogP) is -1.57. The Labute approximate surface area is 111 Å². The Balaban J connectivity index is 1.97. The Morgan fingerprint density at radius 3 is 2.95 bits per heavy atom. The van der Waals surface area contributed by atoms with E-state index in [1.165, 1.54) is 4.68 Å². The summed E-state index contributed by atoms with van der Waals surface area (Å²) in [4.78, 5) is 27.0. The van der Waals surface area contributed by atoms with Crippen molar-refractivity contribution in [1.29, 1.82) is 0 Å². The second-order valence-electron chi connectivity index (χ2n) is 4.60. The Morgan fingerprint density at radius 1 is 1.47 bits per heavy atom. The van der Waals surface area contributed by atoms with Gasteiger partial charge in [0.1, 0.15) is 6.54 Å². The van der Waals surface area contributed by atoms with E-state index in [1.807, 2.05) is 0 Å². The third kappa shape index (κ3) is 3.28. The van der Waals surface area contributed by atoms with Gasteiger partial charge in [0.15, 0.2) is 0 Å². The van der Waals surface area contributed by atoms with Gasteiger partial charge in [-0.05, 0) is 6.42 Å². The van der Waals surface area contributed by atoms with E-state index in [2.05, 4.69) is 10.3 Å². The van der Waals surface area contributed by atoms with Crippen molar-refractivity contribution in [3.8, 4) is 0 Å². The first-order valence-corrected chi connectivity index (χ1v) is 6.21. The first kappa shape index (κ1) is 13.5. The van der Waals surface area contributed by atoms with E-state index in [9.17, 15) is 9.59 Å². The fourth-order valence-electron chi connectivity index (χ4n) is 1.95. The van der Waals surface area contributed by atoms with Gasteiger partial charge in [0.05, 0.1) is 18.4 Å². The molecule has 1 aliphatic heterocycles. The van der Waals surface area contributed by atoms with Crippen LogP contribution in [0.2, 0.25) is 0 Å². The molecule has 2 rings (SSSR count). The summed E-state index contributed by atoms with van der Waals surface area (Å²) in [6.07, 6.45) is 2.43. The molecule has 2 N–H and O–H groups in total. The number of nitrogens with zero attached hydrogens (tertiary/aromatic N) is 5. The predicted molar refractivity (Wildman–Crippen MR) is 66.7 cm³/mol. The molecule has 8 heteroatoms. The molecule has 104 valence electrons. The van der Waals surface area contributed by atoms with Crippen molar-refractivity contribution < 1.29 is 9.59 Å². The van der Waals surface area contributed by atoms with Crippen molar-refractivity contribution in [2.24, 2.45) is 5.73 Å². The molecule has 2 amide bonds. The molecule has 8 nitrogen and oxygen atoms in total. The van der Waals surface area contributed by atoms with Crippen LogP contribution in [0.1, 0.15) is 12.1 Å². The van der Waals surface area contributed by atoms with Gasteiger partial charge in [-0.3, -0.25) is 9.59 Å². The van der Waals surface area contributed by atoms with Gasteiger partial charge in [0.25, 0.3) is 0 Å². The Hall–Kier alpha value is -1.96. The third-order valence-electron chi connectivity index (χ3n) is 3.12. The summed E-state index contributed by atoms with van der Waals surface area (Å²) in [6.45, 7) is 1.79. The van der Waals surface area contributed by atoms with Gasteiger partial charge in [0.2, 0.25) is 11.8 Å². The van der Waals surface area contributed by atoms with Crippen molar-refractivity contribution in [3.63, 3.8) is 0 Å². The Morgan fingerprint density at radius 2 is 2.26 bits per heavy atom. The highest BCUT2D eigenvalue weighted by Gasteiger charge is 2.23. The van der Waals surface area contributed by atoms with Gasteiger partial charge in [-0.2, -0.15) is 0 Å². The Bertz CT molecular complexity index is 472. The molecule has 0 aliphatic carbocycles. The minimum absolute atomic E-state index is 0.0351. The third-order valence-corrected chi connectivity index (χ3v) is 3.12. The number of carbonyl (C=O) groups is 2. The fraction of sp³-hybridized carbons (Fsp3) is 0.636. The quantitative estimate of drug-likeness (QED) is 0.712. The number of likely N-dealkylation sites (N-methyl/N-ethyl adjacent to an activating group) is 1. The molecule has 1 aromatic rings. The molecule has 0 radical (unpaired) electrons. The minimum atomic E-state index is -0.128. The van der Waals surface area contributed by atoms with Gasteiger partial charge in [-0.1, -0.05) is 5.21 Å². The lowest BCUT2D eigenvalue weighted by Crippen LogP contribution is -2.39. The van der Waals surface area contributed by atoms with Crippen LogP contribution < -0.4 is 5.73 Å². The summed E-state index contributed by atoms with van der Waals surface area (Å²) in [5, 5.41) is 7.64. The fourth-order valence-corrected chi connectivity index (χ4v) is 1.95. The van der Waals surface area contributed by atoms with Crippen LogP contribution in [-0.2, 0) is 22.7 Å². The van der Waals surface area contributed by atoms with E-state index in [-0.39, 0.29) is 24.9 Å². The molecule has 19 heavy (non-hydrogen) atoms. The zero-order valence-corrected chi connectivity index (χ0v) is 10.9. The average molecular weight is 266 g/mol. The van der Waals surface area contributed by atoms with E-state index in [0.29, 0.717) is 25.3 Å². The van der Waals surface area contributed by atoms with Crippen LogP contribution in [0.4, 0.5) is 0 Å². The summed E-state index contributed by atoms with van der Waals surface area (Å²) in [5.74, 6) is -0.163. The van der Waals surface area contributed by atoms with Crippen molar-refractivity contribution in [3.05, 3.63) is 11.9 Å². The molecule has 1 aromatic heterocycles. The number of hydrogen-bond acceptors (Lipinski definition) is 5. The van der Waals surface area contributed by atoms with Gasteiger partial charge in [0, 0.05) is 26.7 Å². The van der Waals surface area contributed by atoms with Gasteiger partial charge < -0.3 is 15.5 Å². The number of nitrogens with two attached hydrogens (primary N) is 1. The standard InChI is InChI=1S/C11H18N6O2/c1-15-3-2-4-16(7-10(15)18)11(19)8-17-6-9(5-12)13-14-17/h6H,2-5,7-8,12H2,1H3. The lowest BCUT2D eigenvalue weighted by Gasteiger charge is -2.19. The largest absolute Gasteiger partial charge is 0.344 e. The molecule has 0 saturated carbocycles. The highest BCUT2D eigenvalue weighted by atomic mass is 16.2. The number of aromatic nitrogens is 3. The number of amides is 2. The summed E-state index contributed by atoms with van der Waals surface area (Å²) < 4.78 is 1.45. The van der Waals surface area contributed by atoms with Gasteiger partial charge >= 0.3 is 0 Å². The molecule has 0 atom stereocenters. The van der Waals surface area contributed by atoms with Crippen LogP contribution in [-0.4, -0.2) is 63.3 Å². The second kappa shape index (κ2) is 5.79. The van der Waals surface area contributed by atoms with E-state index in [4.69, 9.17) is 5.73 Å². The summed E-state index contributed by atoms with van der Waals surface area (Å²) in [5.41, 5.74) is 6.07. The first-order valence-electron chi connectivity index (χ1n) is 6.21. The van der Waals surface area contributed by atoms with Crippen LogP contribution in [0.5, 0.6) is 0 Å². The van der Waals surface area contributed by atoms with Gasteiger partial charge in [-0.25, -0.2) is 4.68 Å². The lowest BCUT2D eigenvalue weighted by molar-refractivity contribution is -0.138. The second-order valence-corrected chi connectivity index (χ2v) is 4.60. The molecule has 0 aromatic carbocycles. The first-order chi connectivity index (χ1) is 9.10. The maximum absolute atomic E-state index is 12.1. The highest BCUT2D eigenvalue weighted by molar-refractivity contribution is 5.85. The lowest BCUT2D eigenvalue weighted by atomic mass is 10.3. The normalized spacial score (nSPS) is 16.6. The number of rotatable bonds is 3. The monoisotopic (exact) mass is 266 g/mol. The van der Waals surface area contributed by atoms with Crippen molar-refractivity contribution >= 4 is 11.8 Å². The molecule has 1 saturated heterocycles. The van der Waals surface area contributed by atoms with Crippen LogP contribution in [0, 0.1) is 0 Å². The molecule has 1 fully saturated rings.